The predicted molar refractivity (Wildman–Crippen MR) is 78.2 cm³/mol. The average Bonchev–Trinajstić information content (AvgIpc) is 2.28. The minimum Gasteiger partial charge on any atom is -0.207 e. The lowest BCUT2D eigenvalue weighted by Crippen LogP contribution is -1.98. The SMILES string of the molecule is Fc1cc(Cl)ccc1C(Br)Cc1cccc(Cl)c1. The van der Waals surface area contributed by atoms with Gasteiger partial charge in [0.25, 0.3) is 0 Å². The fourth-order valence-electron chi connectivity index (χ4n) is 1.74. The van der Waals surface area contributed by atoms with E-state index in [4.69, 9.17) is 23.2 Å². The molecule has 0 aromatic heterocycles. The Morgan fingerprint density at radius 2 is 1.78 bits per heavy atom. The lowest BCUT2D eigenvalue weighted by molar-refractivity contribution is 0.608. The van der Waals surface area contributed by atoms with Crippen molar-refractivity contribution >= 4 is 39.1 Å². The van der Waals surface area contributed by atoms with Gasteiger partial charge in [0.1, 0.15) is 5.82 Å². The van der Waals surface area contributed by atoms with Crippen molar-refractivity contribution in [2.24, 2.45) is 0 Å². The van der Waals surface area contributed by atoms with Crippen LogP contribution < -0.4 is 0 Å². The third-order valence-electron chi connectivity index (χ3n) is 2.60. The molecule has 2 rings (SSSR count). The van der Waals surface area contributed by atoms with Gasteiger partial charge in [-0.1, -0.05) is 57.3 Å². The van der Waals surface area contributed by atoms with Gasteiger partial charge in [-0.3, -0.25) is 0 Å². The summed E-state index contributed by atoms with van der Waals surface area (Å²) < 4.78 is 13.7. The van der Waals surface area contributed by atoms with E-state index < -0.39 is 0 Å². The molecule has 0 heterocycles. The standard InChI is InChI=1S/C14H10BrCl2F/c15-13(7-9-2-1-3-10(16)6-9)12-5-4-11(17)8-14(12)18/h1-6,8,13H,7H2. The van der Waals surface area contributed by atoms with Crippen LogP contribution in [0.1, 0.15) is 16.0 Å². The second-order valence-corrected chi connectivity index (χ2v) is 5.95. The van der Waals surface area contributed by atoms with Gasteiger partial charge in [-0.05, 0) is 36.2 Å². The molecule has 1 atom stereocenters. The second kappa shape index (κ2) is 6.05. The Morgan fingerprint density at radius 1 is 1.06 bits per heavy atom. The van der Waals surface area contributed by atoms with Crippen LogP contribution in [-0.4, -0.2) is 0 Å². The molecule has 0 saturated carbocycles. The molecule has 2 aromatic rings. The van der Waals surface area contributed by atoms with E-state index in [0.717, 1.165) is 5.56 Å². The Balaban J connectivity index is 2.19. The van der Waals surface area contributed by atoms with Crippen LogP contribution in [0, 0.1) is 5.82 Å². The van der Waals surface area contributed by atoms with Crippen LogP contribution in [0.5, 0.6) is 0 Å². The van der Waals surface area contributed by atoms with Crippen molar-refractivity contribution in [1.29, 1.82) is 0 Å². The summed E-state index contributed by atoms with van der Waals surface area (Å²) in [5, 5.41) is 1.09. The van der Waals surface area contributed by atoms with Gasteiger partial charge >= 0.3 is 0 Å². The fraction of sp³-hybridized carbons (Fsp3) is 0.143. The third-order valence-corrected chi connectivity index (χ3v) is 3.89. The Morgan fingerprint density at radius 3 is 2.44 bits per heavy atom. The lowest BCUT2D eigenvalue weighted by Gasteiger charge is -2.12. The Bertz CT molecular complexity index is 557. The van der Waals surface area contributed by atoms with Crippen LogP contribution in [0.4, 0.5) is 4.39 Å². The molecule has 0 amide bonds. The molecule has 4 heteroatoms. The molecule has 0 fully saturated rings. The fourth-order valence-corrected chi connectivity index (χ4v) is 2.85. The van der Waals surface area contributed by atoms with Gasteiger partial charge in [-0.15, -0.1) is 0 Å². The molecule has 1 unspecified atom stereocenters. The van der Waals surface area contributed by atoms with Gasteiger partial charge in [0.2, 0.25) is 0 Å². The minimum atomic E-state index is -0.300. The molecule has 0 N–H and O–H groups in total. The summed E-state index contributed by atoms with van der Waals surface area (Å²) in [6, 6.07) is 12.3. The lowest BCUT2D eigenvalue weighted by atomic mass is 10.0. The van der Waals surface area contributed by atoms with Crippen LogP contribution in [-0.2, 0) is 6.42 Å². The van der Waals surface area contributed by atoms with E-state index in [1.807, 2.05) is 24.3 Å². The molecule has 18 heavy (non-hydrogen) atoms. The highest BCUT2D eigenvalue weighted by atomic mass is 79.9. The summed E-state index contributed by atoms with van der Waals surface area (Å²) >= 11 is 15.1. The quantitative estimate of drug-likeness (QED) is 0.614. The molecule has 0 radical (unpaired) electrons. The van der Waals surface area contributed by atoms with E-state index in [2.05, 4.69) is 15.9 Å². The molecule has 0 spiro atoms. The molecule has 0 aliphatic rings. The van der Waals surface area contributed by atoms with Crippen LogP contribution in [0.3, 0.4) is 0 Å². The maximum atomic E-state index is 13.7. The van der Waals surface area contributed by atoms with Crippen molar-refractivity contribution in [2.45, 2.75) is 11.2 Å². The summed E-state index contributed by atoms with van der Waals surface area (Å²) in [5.41, 5.74) is 1.65. The number of halogens is 4. The average molecular weight is 348 g/mol. The Kier molecular flexibility index (Phi) is 4.66. The number of hydrogen-bond acceptors (Lipinski definition) is 0. The topological polar surface area (TPSA) is 0 Å². The zero-order valence-electron chi connectivity index (χ0n) is 9.34. The first kappa shape index (κ1) is 13.9. The van der Waals surface area contributed by atoms with Crippen molar-refractivity contribution < 1.29 is 4.39 Å². The predicted octanol–water partition coefficient (Wildman–Crippen LogP) is 5.81. The molecule has 0 bridgehead atoms. The highest BCUT2D eigenvalue weighted by molar-refractivity contribution is 9.09. The highest BCUT2D eigenvalue weighted by Crippen LogP contribution is 2.30. The molecule has 0 saturated heterocycles. The smallest absolute Gasteiger partial charge is 0.129 e. The summed E-state index contributed by atoms with van der Waals surface area (Å²) in [6.07, 6.45) is 0.666. The van der Waals surface area contributed by atoms with Gasteiger partial charge in [-0.2, -0.15) is 0 Å². The molecule has 2 aromatic carbocycles. The molecule has 94 valence electrons. The van der Waals surface area contributed by atoms with Crippen molar-refractivity contribution in [3.63, 3.8) is 0 Å². The van der Waals surface area contributed by atoms with E-state index in [-0.39, 0.29) is 10.6 Å². The molecule has 0 aliphatic carbocycles. The Labute approximate surface area is 124 Å². The van der Waals surface area contributed by atoms with Gasteiger partial charge in [0.05, 0.1) is 0 Å². The van der Waals surface area contributed by atoms with E-state index in [1.54, 1.807) is 12.1 Å². The minimum absolute atomic E-state index is 0.103. The van der Waals surface area contributed by atoms with Crippen molar-refractivity contribution in [1.82, 2.24) is 0 Å². The van der Waals surface area contributed by atoms with Crippen LogP contribution in [0.2, 0.25) is 10.0 Å². The van der Waals surface area contributed by atoms with Gasteiger partial charge < -0.3 is 0 Å². The largest absolute Gasteiger partial charge is 0.207 e. The highest BCUT2D eigenvalue weighted by Gasteiger charge is 2.13. The first-order valence-electron chi connectivity index (χ1n) is 5.40. The molecule has 0 aliphatic heterocycles. The molecular formula is C14H10BrCl2F. The van der Waals surface area contributed by atoms with E-state index in [0.29, 0.717) is 22.0 Å². The number of alkyl halides is 1. The first-order valence-corrected chi connectivity index (χ1v) is 7.07. The summed E-state index contributed by atoms with van der Waals surface area (Å²) in [7, 11) is 0. The van der Waals surface area contributed by atoms with E-state index in [1.165, 1.54) is 6.07 Å². The zero-order chi connectivity index (χ0) is 13.1. The maximum Gasteiger partial charge on any atom is 0.129 e. The molecular weight excluding hydrogens is 338 g/mol. The van der Waals surface area contributed by atoms with Crippen molar-refractivity contribution in [3.05, 3.63) is 69.5 Å². The Hall–Kier alpha value is -0.570. The zero-order valence-corrected chi connectivity index (χ0v) is 12.4. The van der Waals surface area contributed by atoms with Gasteiger partial charge in [-0.25, -0.2) is 4.39 Å². The first-order chi connectivity index (χ1) is 8.56. The number of benzene rings is 2. The summed E-state index contributed by atoms with van der Waals surface area (Å²) in [6.45, 7) is 0. The van der Waals surface area contributed by atoms with Crippen LogP contribution in [0.25, 0.3) is 0 Å². The second-order valence-electron chi connectivity index (χ2n) is 3.97. The third kappa shape index (κ3) is 3.47. The van der Waals surface area contributed by atoms with E-state index in [9.17, 15) is 4.39 Å². The summed E-state index contributed by atoms with van der Waals surface area (Å²) in [5.74, 6) is -0.300. The van der Waals surface area contributed by atoms with Crippen molar-refractivity contribution in [3.8, 4) is 0 Å². The van der Waals surface area contributed by atoms with Crippen LogP contribution >= 0.6 is 39.1 Å². The number of rotatable bonds is 3. The monoisotopic (exact) mass is 346 g/mol. The molecule has 0 nitrogen and oxygen atoms in total. The van der Waals surface area contributed by atoms with Crippen molar-refractivity contribution in [2.75, 3.05) is 0 Å². The number of hydrogen-bond donors (Lipinski definition) is 0. The normalized spacial score (nSPS) is 12.4. The maximum absolute atomic E-state index is 13.7. The van der Waals surface area contributed by atoms with Crippen LogP contribution in [0.15, 0.2) is 42.5 Å². The van der Waals surface area contributed by atoms with Gasteiger partial charge in [0.15, 0.2) is 0 Å². The van der Waals surface area contributed by atoms with E-state index >= 15 is 0 Å². The summed E-state index contributed by atoms with van der Waals surface area (Å²) in [4.78, 5) is -0.103. The van der Waals surface area contributed by atoms with Gasteiger partial charge in [0, 0.05) is 20.4 Å².